The molecule has 0 radical (unpaired) electrons. The number of hydrogen-bond donors (Lipinski definition) is 1. The molecular weight excluding hydrogens is 292 g/mol. The van der Waals surface area contributed by atoms with Gasteiger partial charge in [-0.1, -0.05) is 37.3 Å². The van der Waals surface area contributed by atoms with Gasteiger partial charge in [0.2, 0.25) is 5.91 Å². The lowest BCUT2D eigenvalue weighted by atomic mass is 9.98. The third-order valence-corrected chi connectivity index (χ3v) is 5.27. The summed E-state index contributed by atoms with van der Waals surface area (Å²) in [6, 6.07) is 12.7. The van der Waals surface area contributed by atoms with Crippen LogP contribution in [0.25, 0.3) is 0 Å². The molecule has 1 aliphatic heterocycles. The Balaban J connectivity index is 1.57. The summed E-state index contributed by atoms with van der Waals surface area (Å²) in [5, 5.41) is 5.20. The Kier molecular flexibility index (Phi) is 4.90. The van der Waals surface area contributed by atoms with Gasteiger partial charge in [0.1, 0.15) is 0 Å². The second kappa shape index (κ2) is 7.07. The van der Waals surface area contributed by atoms with E-state index in [1.54, 1.807) is 0 Å². The van der Waals surface area contributed by atoms with E-state index in [1.165, 1.54) is 10.4 Å². The van der Waals surface area contributed by atoms with Gasteiger partial charge in [-0.15, -0.1) is 11.3 Å². The maximum Gasteiger partial charge on any atom is 0.234 e. The molecule has 2 aromatic rings. The van der Waals surface area contributed by atoms with Crippen molar-refractivity contribution >= 4 is 17.2 Å². The van der Waals surface area contributed by atoms with Crippen molar-refractivity contribution in [1.29, 1.82) is 0 Å². The van der Waals surface area contributed by atoms with Crippen LogP contribution in [0.4, 0.5) is 0 Å². The molecule has 116 valence electrons. The number of nitrogens with zero attached hydrogens (tertiary/aromatic N) is 1. The molecule has 0 bridgehead atoms. The van der Waals surface area contributed by atoms with E-state index in [2.05, 4.69) is 28.6 Å². The average molecular weight is 314 g/mol. The lowest BCUT2D eigenvalue weighted by Crippen LogP contribution is -2.42. The first kappa shape index (κ1) is 15.3. The fourth-order valence-corrected chi connectivity index (χ4v) is 4.08. The van der Waals surface area contributed by atoms with E-state index in [0.29, 0.717) is 19.1 Å². The number of carbonyl (C=O) groups excluding carboxylic acids is 1. The average Bonchev–Trinajstić information content (AvgIpc) is 3.02. The number of hydrogen-bond acceptors (Lipinski definition) is 3. The van der Waals surface area contributed by atoms with E-state index >= 15 is 0 Å². The summed E-state index contributed by atoms with van der Waals surface area (Å²) < 4.78 is 0. The minimum atomic E-state index is 0.112. The molecule has 22 heavy (non-hydrogen) atoms. The van der Waals surface area contributed by atoms with Crippen LogP contribution in [-0.2, 0) is 17.8 Å². The monoisotopic (exact) mass is 314 g/mol. The molecule has 0 saturated carbocycles. The topological polar surface area (TPSA) is 32.3 Å². The first-order chi connectivity index (χ1) is 10.8. The summed E-state index contributed by atoms with van der Waals surface area (Å²) >= 11 is 1.85. The highest BCUT2D eigenvalue weighted by Gasteiger charge is 2.27. The van der Waals surface area contributed by atoms with Crippen LogP contribution >= 0.6 is 11.3 Å². The molecule has 1 aromatic carbocycles. The minimum Gasteiger partial charge on any atom is -0.351 e. The van der Waals surface area contributed by atoms with Crippen molar-refractivity contribution in [2.24, 2.45) is 0 Å². The van der Waals surface area contributed by atoms with E-state index < -0.39 is 0 Å². The molecule has 3 rings (SSSR count). The van der Waals surface area contributed by atoms with Gasteiger partial charge in [0.05, 0.1) is 6.54 Å². The van der Waals surface area contributed by atoms with Gasteiger partial charge in [-0.25, -0.2) is 0 Å². The van der Waals surface area contributed by atoms with Crippen molar-refractivity contribution in [3.63, 3.8) is 0 Å². The minimum absolute atomic E-state index is 0.112. The van der Waals surface area contributed by atoms with Crippen molar-refractivity contribution in [2.75, 3.05) is 13.1 Å². The molecule has 1 atom stereocenters. The van der Waals surface area contributed by atoms with E-state index in [9.17, 15) is 4.79 Å². The number of rotatable bonds is 5. The molecule has 0 spiro atoms. The van der Waals surface area contributed by atoms with E-state index in [0.717, 1.165) is 24.9 Å². The Morgan fingerprint density at radius 1 is 1.32 bits per heavy atom. The van der Waals surface area contributed by atoms with Crippen molar-refractivity contribution < 1.29 is 4.79 Å². The van der Waals surface area contributed by atoms with Gasteiger partial charge in [-0.05, 0) is 35.4 Å². The summed E-state index contributed by atoms with van der Waals surface area (Å²) in [5.41, 5.74) is 2.57. The fraction of sp³-hybridized carbons (Fsp3) is 0.389. The maximum absolute atomic E-state index is 12.2. The lowest BCUT2D eigenvalue weighted by Gasteiger charge is -2.34. The van der Waals surface area contributed by atoms with Gasteiger partial charge in [-0.3, -0.25) is 9.69 Å². The molecule has 2 heterocycles. The molecule has 0 fully saturated rings. The molecule has 0 saturated heterocycles. The van der Waals surface area contributed by atoms with Crippen LogP contribution in [0.5, 0.6) is 0 Å². The van der Waals surface area contributed by atoms with Crippen LogP contribution in [0.2, 0.25) is 0 Å². The highest BCUT2D eigenvalue weighted by Crippen LogP contribution is 2.34. The SMILES string of the molecule is CC[C@@H]1c2ccsc2CCN1CC(=O)NCc1ccccc1. The molecule has 1 N–H and O–H groups in total. The van der Waals surface area contributed by atoms with Gasteiger partial charge in [0.25, 0.3) is 0 Å². The Morgan fingerprint density at radius 3 is 2.91 bits per heavy atom. The van der Waals surface area contributed by atoms with E-state index in [4.69, 9.17) is 0 Å². The molecule has 3 nitrogen and oxygen atoms in total. The standard InChI is InChI=1S/C18H22N2OS/c1-2-16-15-9-11-22-17(15)8-10-20(16)13-18(21)19-12-14-6-4-3-5-7-14/h3-7,9,11,16H,2,8,10,12-13H2,1H3,(H,19,21)/t16-/m1/s1. The zero-order valence-electron chi connectivity index (χ0n) is 12.9. The third-order valence-electron chi connectivity index (χ3n) is 4.27. The number of benzene rings is 1. The van der Waals surface area contributed by atoms with Crippen molar-refractivity contribution in [1.82, 2.24) is 10.2 Å². The van der Waals surface area contributed by atoms with Crippen molar-refractivity contribution in [3.05, 3.63) is 57.8 Å². The molecule has 1 amide bonds. The van der Waals surface area contributed by atoms with E-state index in [1.807, 2.05) is 41.7 Å². The van der Waals surface area contributed by atoms with Crippen LogP contribution in [-0.4, -0.2) is 23.9 Å². The van der Waals surface area contributed by atoms with Gasteiger partial charge < -0.3 is 5.32 Å². The van der Waals surface area contributed by atoms with Crippen molar-refractivity contribution in [2.45, 2.75) is 32.4 Å². The van der Waals surface area contributed by atoms with Crippen LogP contribution in [0.15, 0.2) is 41.8 Å². The molecule has 1 aromatic heterocycles. The second-order valence-electron chi connectivity index (χ2n) is 5.71. The number of carbonyl (C=O) groups is 1. The third kappa shape index (κ3) is 3.39. The summed E-state index contributed by atoms with van der Waals surface area (Å²) in [5.74, 6) is 0.112. The Bertz CT molecular complexity index is 623. The normalized spacial score (nSPS) is 18.0. The Labute approximate surface area is 136 Å². The van der Waals surface area contributed by atoms with E-state index in [-0.39, 0.29) is 5.91 Å². The maximum atomic E-state index is 12.2. The highest BCUT2D eigenvalue weighted by molar-refractivity contribution is 7.10. The lowest BCUT2D eigenvalue weighted by molar-refractivity contribution is -0.123. The Hall–Kier alpha value is -1.65. The van der Waals surface area contributed by atoms with Gasteiger partial charge in [0.15, 0.2) is 0 Å². The van der Waals surface area contributed by atoms with Crippen LogP contribution in [0.3, 0.4) is 0 Å². The zero-order chi connectivity index (χ0) is 15.4. The summed E-state index contributed by atoms with van der Waals surface area (Å²) in [4.78, 5) is 16.1. The predicted octanol–water partition coefficient (Wildman–Crippen LogP) is 3.37. The van der Waals surface area contributed by atoms with Crippen LogP contribution in [0.1, 0.15) is 35.4 Å². The van der Waals surface area contributed by atoms with Gasteiger partial charge >= 0.3 is 0 Å². The summed E-state index contributed by atoms with van der Waals surface area (Å²) in [6.07, 6.45) is 2.12. The summed E-state index contributed by atoms with van der Waals surface area (Å²) in [7, 11) is 0. The smallest absolute Gasteiger partial charge is 0.234 e. The predicted molar refractivity (Wildman–Crippen MR) is 90.9 cm³/mol. The first-order valence-electron chi connectivity index (χ1n) is 7.89. The largest absolute Gasteiger partial charge is 0.351 e. The van der Waals surface area contributed by atoms with Gasteiger partial charge in [0, 0.05) is 24.0 Å². The van der Waals surface area contributed by atoms with Crippen molar-refractivity contribution in [3.8, 4) is 0 Å². The number of nitrogens with one attached hydrogen (secondary N) is 1. The summed E-state index contributed by atoms with van der Waals surface area (Å²) in [6.45, 7) is 4.27. The number of amides is 1. The second-order valence-corrected chi connectivity index (χ2v) is 6.71. The Morgan fingerprint density at radius 2 is 2.14 bits per heavy atom. The molecule has 0 unspecified atom stereocenters. The number of thiophene rings is 1. The fourth-order valence-electron chi connectivity index (χ4n) is 3.15. The highest BCUT2D eigenvalue weighted by atomic mass is 32.1. The zero-order valence-corrected chi connectivity index (χ0v) is 13.7. The molecular formula is C18H22N2OS. The van der Waals surface area contributed by atoms with Gasteiger partial charge in [-0.2, -0.15) is 0 Å². The number of fused-ring (bicyclic) bond motifs is 1. The molecule has 0 aliphatic carbocycles. The molecule has 1 aliphatic rings. The quantitative estimate of drug-likeness (QED) is 0.917. The first-order valence-corrected chi connectivity index (χ1v) is 8.77. The van der Waals surface area contributed by atoms with Crippen LogP contribution < -0.4 is 5.32 Å². The van der Waals surface area contributed by atoms with Crippen LogP contribution in [0, 0.1) is 0 Å². The molecule has 4 heteroatoms.